The van der Waals surface area contributed by atoms with E-state index in [2.05, 4.69) is 17.3 Å². The molecule has 2 rings (SSSR count). The molecule has 1 aromatic carbocycles. The van der Waals surface area contributed by atoms with E-state index in [1.807, 2.05) is 0 Å². The van der Waals surface area contributed by atoms with Crippen molar-refractivity contribution in [2.75, 3.05) is 20.1 Å². The van der Waals surface area contributed by atoms with Gasteiger partial charge in [0.05, 0.1) is 11.6 Å². The van der Waals surface area contributed by atoms with Crippen molar-refractivity contribution in [3.63, 3.8) is 0 Å². The van der Waals surface area contributed by atoms with Crippen LogP contribution >= 0.6 is 0 Å². The van der Waals surface area contributed by atoms with Gasteiger partial charge in [-0.3, -0.25) is 0 Å². The Morgan fingerprint density at radius 3 is 2.65 bits per heavy atom. The number of piperidine rings is 1. The summed E-state index contributed by atoms with van der Waals surface area (Å²) in [6.45, 7) is 1.94. The highest BCUT2D eigenvalue weighted by atomic mass is 19.1. The zero-order chi connectivity index (χ0) is 14.5. The van der Waals surface area contributed by atoms with Crippen molar-refractivity contribution in [3.05, 3.63) is 34.9 Å². The van der Waals surface area contributed by atoms with Gasteiger partial charge in [-0.1, -0.05) is 6.42 Å². The Hall–Kier alpha value is -1.51. The van der Waals surface area contributed by atoms with E-state index in [1.165, 1.54) is 12.8 Å². The topological polar surface area (TPSA) is 39.1 Å². The van der Waals surface area contributed by atoms with Crippen molar-refractivity contribution >= 4 is 0 Å². The summed E-state index contributed by atoms with van der Waals surface area (Å²) in [5.41, 5.74) is 0.0122. The van der Waals surface area contributed by atoms with Crippen LogP contribution in [0, 0.1) is 23.0 Å². The lowest BCUT2D eigenvalue weighted by Gasteiger charge is -2.32. The predicted molar refractivity (Wildman–Crippen MR) is 73.0 cm³/mol. The van der Waals surface area contributed by atoms with Crippen LogP contribution in [0.4, 0.5) is 8.78 Å². The number of hydrogen-bond donors (Lipinski definition) is 1. The standard InChI is InChI=1S/C15H19F2N3/c1-20-5-3-2-4-12(20)9-19-10-13-14(16)6-11(8-18)7-15(13)17/h6-7,12,19H,2-5,9-10H2,1H3. The van der Waals surface area contributed by atoms with Gasteiger partial charge in [0, 0.05) is 24.7 Å². The highest BCUT2D eigenvalue weighted by Gasteiger charge is 2.18. The quantitative estimate of drug-likeness (QED) is 0.920. The lowest BCUT2D eigenvalue weighted by Crippen LogP contribution is -2.43. The monoisotopic (exact) mass is 279 g/mol. The molecule has 1 heterocycles. The molecule has 0 aromatic heterocycles. The van der Waals surface area contributed by atoms with E-state index in [1.54, 1.807) is 6.07 Å². The molecule has 1 aliphatic rings. The van der Waals surface area contributed by atoms with Crippen LogP contribution in [0.3, 0.4) is 0 Å². The second kappa shape index (κ2) is 6.78. The minimum atomic E-state index is -0.661. The molecule has 1 unspecified atom stereocenters. The number of likely N-dealkylation sites (tertiary alicyclic amines) is 1. The van der Waals surface area contributed by atoms with Gasteiger partial charge >= 0.3 is 0 Å². The first kappa shape index (κ1) is 14.9. The van der Waals surface area contributed by atoms with Crippen molar-refractivity contribution in [1.29, 1.82) is 5.26 Å². The van der Waals surface area contributed by atoms with Gasteiger partial charge in [-0.25, -0.2) is 8.78 Å². The fourth-order valence-electron chi connectivity index (χ4n) is 2.60. The Morgan fingerprint density at radius 1 is 1.35 bits per heavy atom. The van der Waals surface area contributed by atoms with Gasteiger partial charge in [-0.15, -0.1) is 0 Å². The molecular weight excluding hydrogens is 260 g/mol. The van der Waals surface area contributed by atoms with E-state index in [0.29, 0.717) is 6.04 Å². The third-order valence-electron chi connectivity index (χ3n) is 3.87. The normalized spacial score (nSPS) is 19.8. The number of rotatable bonds is 4. The summed E-state index contributed by atoms with van der Waals surface area (Å²) in [4.78, 5) is 2.28. The summed E-state index contributed by atoms with van der Waals surface area (Å²) in [6, 6.07) is 4.32. The Bertz CT molecular complexity index is 487. The average Bonchev–Trinajstić information content (AvgIpc) is 2.43. The van der Waals surface area contributed by atoms with E-state index < -0.39 is 11.6 Å². The molecule has 0 bridgehead atoms. The summed E-state index contributed by atoms with van der Waals surface area (Å²) in [5.74, 6) is -1.32. The zero-order valence-corrected chi connectivity index (χ0v) is 11.6. The number of likely N-dealkylation sites (N-methyl/N-ethyl adjacent to an activating group) is 1. The van der Waals surface area contributed by atoms with Crippen LogP contribution in [0.1, 0.15) is 30.4 Å². The molecule has 1 saturated heterocycles. The molecule has 0 aliphatic carbocycles. The van der Waals surface area contributed by atoms with Crippen molar-refractivity contribution < 1.29 is 8.78 Å². The molecule has 0 saturated carbocycles. The SMILES string of the molecule is CN1CCCCC1CNCc1c(F)cc(C#N)cc1F. The first-order valence-corrected chi connectivity index (χ1v) is 6.91. The Kier molecular flexibility index (Phi) is 5.05. The lowest BCUT2D eigenvalue weighted by atomic mass is 10.0. The van der Waals surface area contributed by atoms with Crippen LogP contribution in [0.15, 0.2) is 12.1 Å². The van der Waals surface area contributed by atoms with E-state index >= 15 is 0 Å². The molecule has 3 nitrogen and oxygen atoms in total. The van der Waals surface area contributed by atoms with Crippen LogP contribution < -0.4 is 5.32 Å². The van der Waals surface area contributed by atoms with Gasteiger partial charge in [0.25, 0.3) is 0 Å². The molecule has 1 fully saturated rings. The highest BCUT2D eigenvalue weighted by Crippen LogP contribution is 2.16. The highest BCUT2D eigenvalue weighted by molar-refractivity contribution is 5.34. The van der Waals surface area contributed by atoms with E-state index in [0.717, 1.165) is 31.6 Å². The first-order chi connectivity index (χ1) is 9.61. The third kappa shape index (κ3) is 3.53. The number of nitrogens with zero attached hydrogens (tertiary/aromatic N) is 2. The molecule has 1 atom stereocenters. The second-order valence-electron chi connectivity index (χ2n) is 5.29. The van der Waals surface area contributed by atoms with Gasteiger partial charge in [0.1, 0.15) is 11.6 Å². The maximum absolute atomic E-state index is 13.7. The largest absolute Gasteiger partial charge is 0.311 e. The van der Waals surface area contributed by atoms with Gasteiger partial charge < -0.3 is 10.2 Å². The fraction of sp³-hybridized carbons (Fsp3) is 0.533. The molecule has 1 aliphatic heterocycles. The molecular formula is C15H19F2N3. The zero-order valence-electron chi connectivity index (χ0n) is 11.6. The van der Waals surface area contributed by atoms with Crippen molar-refractivity contribution in [2.45, 2.75) is 31.8 Å². The maximum Gasteiger partial charge on any atom is 0.131 e. The fourth-order valence-corrected chi connectivity index (χ4v) is 2.60. The number of benzene rings is 1. The Morgan fingerprint density at radius 2 is 2.05 bits per heavy atom. The van der Waals surface area contributed by atoms with Gasteiger partial charge in [-0.2, -0.15) is 5.26 Å². The Balaban J connectivity index is 1.93. The van der Waals surface area contributed by atoms with E-state index in [-0.39, 0.29) is 17.7 Å². The maximum atomic E-state index is 13.7. The van der Waals surface area contributed by atoms with Gasteiger partial charge in [-0.05, 0) is 38.6 Å². The van der Waals surface area contributed by atoms with E-state index in [4.69, 9.17) is 5.26 Å². The predicted octanol–water partition coefficient (Wildman–Crippen LogP) is 2.41. The van der Waals surface area contributed by atoms with Crippen molar-refractivity contribution in [1.82, 2.24) is 10.2 Å². The first-order valence-electron chi connectivity index (χ1n) is 6.91. The molecule has 1 aromatic rings. The third-order valence-corrected chi connectivity index (χ3v) is 3.87. The van der Waals surface area contributed by atoms with Crippen LogP contribution in [0.2, 0.25) is 0 Å². The average molecular weight is 279 g/mol. The number of nitriles is 1. The molecule has 108 valence electrons. The van der Waals surface area contributed by atoms with Crippen LogP contribution in [-0.4, -0.2) is 31.1 Å². The number of nitrogens with one attached hydrogen (secondary N) is 1. The van der Waals surface area contributed by atoms with E-state index in [9.17, 15) is 8.78 Å². The number of halogens is 2. The van der Waals surface area contributed by atoms with Crippen LogP contribution in [-0.2, 0) is 6.54 Å². The second-order valence-corrected chi connectivity index (χ2v) is 5.29. The summed E-state index contributed by atoms with van der Waals surface area (Å²) in [6.07, 6.45) is 3.53. The molecule has 20 heavy (non-hydrogen) atoms. The Labute approximate surface area is 118 Å². The lowest BCUT2D eigenvalue weighted by molar-refractivity contribution is 0.181. The minimum absolute atomic E-state index is 0.00228. The van der Waals surface area contributed by atoms with Gasteiger partial charge in [0.2, 0.25) is 0 Å². The molecule has 1 N–H and O–H groups in total. The molecule has 0 radical (unpaired) electrons. The summed E-state index contributed by atoms with van der Waals surface area (Å²) in [5, 5.41) is 11.8. The van der Waals surface area contributed by atoms with Crippen molar-refractivity contribution in [3.8, 4) is 6.07 Å². The minimum Gasteiger partial charge on any atom is -0.311 e. The molecule has 0 spiro atoms. The van der Waals surface area contributed by atoms with Crippen molar-refractivity contribution in [2.24, 2.45) is 0 Å². The van der Waals surface area contributed by atoms with Gasteiger partial charge in [0.15, 0.2) is 0 Å². The summed E-state index contributed by atoms with van der Waals surface area (Å²) in [7, 11) is 2.08. The van der Waals surface area contributed by atoms with Crippen LogP contribution in [0.25, 0.3) is 0 Å². The van der Waals surface area contributed by atoms with Crippen LogP contribution in [0.5, 0.6) is 0 Å². The smallest absolute Gasteiger partial charge is 0.131 e. The summed E-state index contributed by atoms with van der Waals surface area (Å²) < 4.78 is 27.4. The summed E-state index contributed by atoms with van der Waals surface area (Å²) >= 11 is 0. The molecule has 5 heteroatoms. The number of hydrogen-bond acceptors (Lipinski definition) is 3. The molecule has 0 amide bonds.